The zero-order valence-electron chi connectivity index (χ0n) is 11.1. The molecule has 20 heavy (non-hydrogen) atoms. The molecule has 4 N–H and O–H groups in total. The van der Waals surface area contributed by atoms with E-state index in [1.165, 1.54) is 9.58 Å². The molecular formula is C10H15N9O. The van der Waals surface area contributed by atoms with Gasteiger partial charge in [0.2, 0.25) is 17.8 Å². The van der Waals surface area contributed by atoms with Gasteiger partial charge >= 0.3 is 0 Å². The lowest BCUT2D eigenvalue weighted by Gasteiger charge is -2.11. The molecule has 2 rings (SSSR count). The largest absolute Gasteiger partial charge is 0.347 e. The highest BCUT2D eigenvalue weighted by Gasteiger charge is 2.09. The first kappa shape index (κ1) is 13.7. The minimum atomic E-state index is -0.103. The normalized spacial score (nSPS) is 10.2. The van der Waals surface area contributed by atoms with Gasteiger partial charge in [-0.2, -0.15) is 20.1 Å². The van der Waals surface area contributed by atoms with E-state index >= 15 is 0 Å². The molecule has 10 nitrogen and oxygen atoms in total. The van der Waals surface area contributed by atoms with Gasteiger partial charge in [0.25, 0.3) is 5.95 Å². The maximum Gasteiger partial charge on any atom is 0.257 e. The van der Waals surface area contributed by atoms with Crippen LogP contribution in [0.3, 0.4) is 0 Å². The van der Waals surface area contributed by atoms with E-state index in [0.29, 0.717) is 0 Å². The van der Waals surface area contributed by atoms with Crippen LogP contribution in [0, 0.1) is 0 Å². The zero-order valence-corrected chi connectivity index (χ0v) is 11.1. The molecular weight excluding hydrogens is 262 g/mol. The number of hydrazine groups is 1. The number of nitrogen functional groups attached to an aromatic ring is 1. The Kier molecular flexibility index (Phi) is 4.05. The number of carbonyl (C=O) groups excluding carboxylic acids is 1. The van der Waals surface area contributed by atoms with E-state index < -0.39 is 0 Å². The van der Waals surface area contributed by atoms with Crippen molar-refractivity contribution in [3.05, 3.63) is 18.5 Å². The second kappa shape index (κ2) is 5.93. The molecule has 2 aromatic heterocycles. The second-order valence-electron chi connectivity index (χ2n) is 4.02. The predicted octanol–water partition coefficient (Wildman–Crippen LogP) is -1.16. The van der Waals surface area contributed by atoms with E-state index in [1.807, 2.05) is 0 Å². The molecule has 0 saturated heterocycles. The third-order valence-corrected chi connectivity index (χ3v) is 2.36. The minimum Gasteiger partial charge on any atom is -0.347 e. The molecule has 0 spiro atoms. The standard InChI is InChI=1S/C10H15N9O/c1-18(2)7(20)6-12-8-14-9(17-11)16-10(15-8)19-5-3-4-13-19/h3-5H,6,11H2,1-2H3,(H2,12,14,15,16,17). The van der Waals surface area contributed by atoms with Gasteiger partial charge in [0.15, 0.2) is 0 Å². The molecule has 1 amide bonds. The summed E-state index contributed by atoms with van der Waals surface area (Å²) in [6.45, 7) is 0.0690. The summed E-state index contributed by atoms with van der Waals surface area (Å²) in [6.07, 6.45) is 3.28. The van der Waals surface area contributed by atoms with E-state index in [2.05, 4.69) is 30.8 Å². The van der Waals surface area contributed by atoms with Crippen LogP contribution in [0.1, 0.15) is 0 Å². The molecule has 2 heterocycles. The molecule has 0 aromatic carbocycles. The number of anilines is 2. The van der Waals surface area contributed by atoms with Crippen LogP contribution < -0.4 is 16.6 Å². The lowest BCUT2D eigenvalue weighted by Crippen LogP contribution is -2.29. The quantitative estimate of drug-likeness (QED) is 0.461. The van der Waals surface area contributed by atoms with Crippen LogP contribution in [0.15, 0.2) is 18.5 Å². The smallest absolute Gasteiger partial charge is 0.257 e. The molecule has 0 saturated carbocycles. The van der Waals surface area contributed by atoms with Crippen LogP contribution in [0.5, 0.6) is 0 Å². The Labute approximate surface area is 115 Å². The lowest BCUT2D eigenvalue weighted by atomic mass is 10.5. The topological polar surface area (TPSA) is 127 Å². The molecule has 2 aromatic rings. The first-order valence-corrected chi connectivity index (χ1v) is 5.77. The highest BCUT2D eigenvalue weighted by atomic mass is 16.2. The maximum atomic E-state index is 11.5. The zero-order chi connectivity index (χ0) is 14.5. The highest BCUT2D eigenvalue weighted by Crippen LogP contribution is 2.07. The van der Waals surface area contributed by atoms with Gasteiger partial charge in [-0.3, -0.25) is 10.2 Å². The summed E-state index contributed by atoms with van der Waals surface area (Å²) in [6, 6.07) is 1.74. The molecule has 0 bridgehead atoms. The molecule has 0 aliphatic rings. The number of rotatable bonds is 5. The molecule has 106 valence electrons. The van der Waals surface area contributed by atoms with Crippen molar-refractivity contribution in [2.75, 3.05) is 31.4 Å². The molecule has 0 fully saturated rings. The molecule has 10 heteroatoms. The fourth-order valence-electron chi connectivity index (χ4n) is 1.31. The van der Waals surface area contributed by atoms with Crippen molar-refractivity contribution in [2.45, 2.75) is 0 Å². The number of amides is 1. The van der Waals surface area contributed by atoms with Gasteiger partial charge in [-0.25, -0.2) is 10.5 Å². The van der Waals surface area contributed by atoms with Crippen molar-refractivity contribution >= 4 is 17.8 Å². The van der Waals surface area contributed by atoms with Crippen molar-refractivity contribution in [2.24, 2.45) is 5.84 Å². The summed E-state index contributed by atoms with van der Waals surface area (Å²) >= 11 is 0. The minimum absolute atomic E-state index is 0.0690. The maximum absolute atomic E-state index is 11.5. The summed E-state index contributed by atoms with van der Waals surface area (Å²) in [5.74, 6) is 5.90. The van der Waals surface area contributed by atoms with E-state index in [1.54, 1.807) is 32.6 Å². The van der Waals surface area contributed by atoms with Crippen molar-refractivity contribution in [3.63, 3.8) is 0 Å². The molecule has 0 aliphatic heterocycles. The van der Waals surface area contributed by atoms with Crippen LogP contribution in [-0.4, -0.2) is 56.2 Å². The molecule has 0 radical (unpaired) electrons. The van der Waals surface area contributed by atoms with Gasteiger partial charge in [-0.1, -0.05) is 0 Å². The fraction of sp³-hybridized carbons (Fsp3) is 0.300. The van der Waals surface area contributed by atoms with Gasteiger partial charge in [0.05, 0.1) is 6.54 Å². The van der Waals surface area contributed by atoms with Gasteiger partial charge in [-0.05, 0) is 6.07 Å². The summed E-state index contributed by atoms with van der Waals surface area (Å²) in [4.78, 5) is 25.2. The first-order chi connectivity index (χ1) is 9.60. The summed E-state index contributed by atoms with van der Waals surface area (Å²) < 4.78 is 1.46. The Morgan fingerprint density at radius 3 is 2.70 bits per heavy atom. The van der Waals surface area contributed by atoms with E-state index in [9.17, 15) is 4.79 Å². The monoisotopic (exact) mass is 277 g/mol. The van der Waals surface area contributed by atoms with Crippen LogP contribution in [-0.2, 0) is 4.79 Å². The highest BCUT2D eigenvalue weighted by molar-refractivity contribution is 5.79. The first-order valence-electron chi connectivity index (χ1n) is 5.77. The van der Waals surface area contributed by atoms with Gasteiger partial charge in [-0.15, -0.1) is 0 Å². The number of hydrogen-bond donors (Lipinski definition) is 3. The van der Waals surface area contributed by atoms with Gasteiger partial charge in [0.1, 0.15) is 0 Å². The Balaban J connectivity index is 2.20. The number of nitrogens with zero attached hydrogens (tertiary/aromatic N) is 6. The molecule has 0 atom stereocenters. The Morgan fingerprint density at radius 2 is 2.10 bits per heavy atom. The third-order valence-electron chi connectivity index (χ3n) is 2.36. The van der Waals surface area contributed by atoms with Crippen molar-refractivity contribution < 1.29 is 4.79 Å². The Hall–Kier alpha value is -2.75. The van der Waals surface area contributed by atoms with Gasteiger partial charge < -0.3 is 10.2 Å². The summed E-state index contributed by atoms with van der Waals surface area (Å²) in [7, 11) is 3.33. The fourth-order valence-corrected chi connectivity index (χ4v) is 1.31. The van der Waals surface area contributed by atoms with E-state index in [0.717, 1.165) is 0 Å². The third kappa shape index (κ3) is 3.17. The van der Waals surface area contributed by atoms with Crippen LogP contribution in [0.25, 0.3) is 5.95 Å². The average Bonchev–Trinajstić information content (AvgIpc) is 2.98. The van der Waals surface area contributed by atoms with Crippen molar-refractivity contribution in [1.82, 2.24) is 29.6 Å². The van der Waals surface area contributed by atoms with Gasteiger partial charge in [0, 0.05) is 26.5 Å². The average molecular weight is 277 g/mol. The summed E-state index contributed by atoms with van der Waals surface area (Å²) in [5, 5.41) is 6.83. The number of nitrogens with one attached hydrogen (secondary N) is 2. The Morgan fingerprint density at radius 1 is 1.35 bits per heavy atom. The number of hydrogen-bond acceptors (Lipinski definition) is 8. The van der Waals surface area contributed by atoms with E-state index in [4.69, 9.17) is 5.84 Å². The SMILES string of the molecule is CN(C)C(=O)CNc1nc(NN)nc(-n2cccn2)n1. The second-order valence-corrected chi connectivity index (χ2v) is 4.02. The van der Waals surface area contributed by atoms with Crippen LogP contribution >= 0.6 is 0 Å². The number of aromatic nitrogens is 5. The number of carbonyl (C=O) groups is 1. The predicted molar refractivity (Wildman–Crippen MR) is 71.9 cm³/mol. The van der Waals surface area contributed by atoms with Crippen molar-refractivity contribution in [1.29, 1.82) is 0 Å². The Bertz CT molecular complexity index is 580. The lowest BCUT2D eigenvalue weighted by molar-refractivity contribution is -0.126. The molecule has 0 unspecified atom stereocenters. The summed E-state index contributed by atoms with van der Waals surface area (Å²) in [5.41, 5.74) is 2.34. The number of likely N-dealkylation sites (N-methyl/N-ethyl adjacent to an activating group) is 1. The van der Waals surface area contributed by atoms with E-state index in [-0.39, 0.29) is 30.3 Å². The van der Waals surface area contributed by atoms with Crippen LogP contribution in [0.4, 0.5) is 11.9 Å². The molecule has 0 aliphatic carbocycles. The van der Waals surface area contributed by atoms with Crippen molar-refractivity contribution in [3.8, 4) is 5.95 Å². The number of nitrogens with two attached hydrogens (primary N) is 1. The van der Waals surface area contributed by atoms with Crippen LogP contribution in [0.2, 0.25) is 0 Å².